The highest BCUT2D eigenvalue weighted by atomic mass is 32.2. The molecule has 0 unspecified atom stereocenters. The second-order valence-corrected chi connectivity index (χ2v) is 8.65. The van der Waals surface area contributed by atoms with Crippen LogP contribution in [0.4, 0.5) is 0 Å². The van der Waals surface area contributed by atoms with Crippen LogP contribution in [-0.4, -0.2) is 36.6 Å². The van der Waals surface area contributed by atoms with Gasteiger partial charge in [0.1, 0.15) is 17.9 Å². The molecule has 0 fully saturated rings. The molecule has 0 spiro atoms. The van der Waals surface area contributed by atoms with Crippen molar-refractivity contribution in [2.45, 2.75) is 30.7 Å². The molecule has 8 heteroatoms. The Morgan fingerprint density at radius 3 is 2.57 bits per heavy atom. The van der Waals surface area contributed by atoms with Crippen LogP contribution in [0.1, 0.15) is 19.4 Å². The average molecular weight is 426 g/mol. The lowest BCUT2D eigenvalue weighted by Gasteiger charge is -2.26. The molecule has 0 bridgehead atoms. The average Bonchev–Trinajstić information content (AvgIpc) is 3.11. The third kappa shape index (κ3) is 4.64. The number of rotatable bonds is 8. The van der Waals surface area contributed by atoms with Crippen LogP contribution in [0.25, 0.3) is 10.9 Å². The van der Waals surface area contributed by atoms with Gasteiger partial charge in [0, 0.05) is 23.5 Å². The van der Waals surface area contributed by atoms with Crippen molar-refractivity contribution < 1.29 is 23.1 Å². The van der Waals surface area contributed by atoms with E-state index in [1.807, 2.05) is 24.3 Å². The fraction of sp³-hybridized carbons (Fsp3) is 0.227. The van der Waals surface area contributed by atoms with Gasteiger partial charge in [0.2, 0.25) is 10.0 Å². The molecule has 3 N–H and O–H groups in total. The Labute approximate surface area is 175 Å². The van der Waals surface area contributed by atoms with E-state index in [9.17, 15) is 18.3 Å². The van der Waals surface area contributed by atoms with Crippen LogP contribution in [0.15, 0.2) is 59.6 Å². The number of para-hydroxylation sites is 1. The van der Waals surface area contributed by atoms with Crippen LogP contribution in [0.3, 0.4) is 0 Å². The van der Waals surface area contributed by atoms with Crippen molar-refractivity contribution in [2.24, 2.45) is 0 Å². The topological polar surface area (TPSA) is 108 Å². The first-order valence-electron chi connectivity index (χ1n) is 9.20. The molecule has 3 aromatic rings. The number of nitrogens with one attached hydrogen (secondary N) is 2. The van der Waals surface area contributed by atoms with Crippen LogP contribution in [0.2, 0.25) is 0 Å². The summed E-state index contributed by atoms with van der Waals surface area (Å²) in [4.78, 5) is 15.0. The van der Waals surface area contributed by atoms with Crippen LogP contribution >= 0.6 is 0 Å². The maximum absolute atomic E-state index is 12.9. The highest BCUT2D eigenvalue weighted by molar-refractivity contribution is 7.89. The Morgan fingerprint density at radius 1 is 1.20 bits per heavy atom. The molecule has 0 radical (unpaired) electrons. The van der Waals surface area contributed by atoms with Gasteiger partial charge in [-0.1, -0.05) is 24.1 Å². The predicted molar refractivity (Wildman–Crippen MR) is 114 cm³/mol. The molecular weight excluding hydrogens is 404 g/mol. The molecule has 0 saturated carbocycles. The Balaban J connectivity index is 1.84. The number of sulfonamides is 1. The summed E-state index contributed by atoms with van der Waals surface area (Å²) in [6, 6.07) is 13.2. The Hall–Kier alpha value is -3.28. The van der Waals surface area contributed by atoms with E-state index < -0.39 is 21.5 Å². The number of benzene rings is 2. The van der Waals surface area contributed by atoms with Crippen molar-refractivity contribution in [3.05, 3.63) is 60.3 Å². The number of ether oxygens (including phenoxy) is 1. The van der Waals surface area contributed by atoms with Crippen molar-refractivity contribution in [3.8, 4) is 17.6 Å². The van der Waals surface area contributed by atoms with Crippen molar-refractivity contribution >= 4 is 26.9 Å². The highest BCUT2D eigenvalue weighted by Crippen LogP contribution is 2.25. The Bertz CT molecular complexity index is 1220. The molecule has 3 rings (SSSR count). The van der Waals surface area contributed by atoms with Crippen molar-refractivity contribution in [1.29, 1.82) is 0 Å². The number of hydrogen-bond donors (Lipinski definition) is 3. The van der Waals surface area contributed by atoms with Gasteiger partial charge in [0.15, 0.2) is 0 Å². The maximum atomic E-state index is 12.9. The maximum Gasteiger partial charge on any atom is 0.324 e. The van der Waals surface area contributed by atoms with Gasteiger partial charge in [0.05, 0.1) is 4.90 Å². The van der Waals surface area contributed by atoms with Crippen LogP contribution < -0.4 is 9.46 Å². The fourth-order valence-electron chi connectivity index (χ4n) is 3.08. The van der Waals surface area contributed by atoms with Gasteiger partial charge in [-0.15, -0.1) is 5.92 Å². The monoisotopic (exact) mass is 426 g/mol. The van der Waals surface area contributed by atoms with E-state index in [4.69, 9.17) is 4.74 Å². The summed E-state index contributed by atoms with van der Waals surface area (Å²) < 4.78 is 33.5. The first kappa shape index (κ1) is 21.4. The van der Waals surface area contributed by atoms with Gasteiger partial charge in [-0.2, -0.15) is 4.72 Å². The minimum Gasteiger partial charge on any atom is -0.481 e. The summed E-state index contributed by atoms with van der Waals surface area (Å²) in [5.74, 6) is 4.65. The molecule has 30 heavy (non-hydrogen) atoms. The largest absolute Gasteiger partial charge is 0.481 e. The lowest BCUT2D eigenvalue weighted by atomic mass is 9.94. The number of carboxylic acid groups (broad SMARTS) is 1. The lowest BCUT2D eigenvalue weighted by Crippen LogP contribution is -2.53. The second-order valence-electron chi connectivity index (χ2n) is 6.97. The van der Waals surface area contributed by atoms with Crippen molar-refractivity contribution in [1.82, 2.24) is 9.71 Å². The van der Waals surface area contributed by atoms with Crippen LogP contribution in [-0.2, 0) is 21.2 Å². The standard InChI is InChI=1S/C22H22N2O5S/c1-3-4-13-29-17-9-11-18(12-10-17)30(27,28)24-22(2,21(25)26)14-16-15-23-20-8-6-5-7-19(16)20/h5-12,15,23-24H,13-14H2,1-2H3,(H,25,26)/t22-/m0/s1. The number of aromatic amines is 1. The Morgan fingerprint density at radius 2 is 1.90 bits per heavy atom. The SMILES string of the molecule is CC#CCOc1ccc(S(=O)(=O)N[C@@](C)(Cc2c[nH]c3ccccc23)C(=O)O)cc1. The number of aromatic nitrogens is 1. The minimum atomic E-state index is -4.09. The minimum absolute atomic E-state index is 0.0253. The number of carboxylic acids is 1. The molecule has 2 aromatic carbocycles. The molecule has 0 aliphatic rings. The molecule has 0 saturated heterocycles. The second kappa shape index (κ2) is 8.61. The molecule has 1 aromatic heterocycles. The zero-order valence-electron chi connectivity index (χ0n) is 16.6. The number of carbonyl (C=O) groups is 1. The fourth-order valence-corrected chi connectivity index (χ4v) is 4.44. The molecule has 1 atom stereocenters. The van der Waals surface area contributed by atoms with E-state index in [0.717, 1.165) is 10.9 Å². The first-order chi connectivity index (χ1) is 14.2. The molecule has 1 heterocycles. The van der Waals surface area contributed by atoms with Crippen LogP contribution in [0, 0.1) is 11.8 Å². The molecule has 0 amide bonds. The van der Waals surface area contributed by atoms with Crippen molar-refractivity contribution in [2.75, 3.05) is 6.61 Å². The lowest BCUT2D eigenvalue weighted by molar-refractivity contribution is -0.143. The van der Waals surface area contributed by atoms with E-state index in [-0.39, 0.29) is 17.9 Å². The number of H-pyrrole nitrogens is 1. The highest BCUT2D eigenvalue weighted by Gasteiger charge is 2.38. The summed E-state index contributed by atoms with van der Waals surface area (Å²) in [5, 5.41) is 10.7. The van der Waals surface area contributed by atoms with E-state index in [2.05, 4.69) is 21.5 Å². The summed E-state index contributed by atoms with van der Waals surface area (Å²) in [6.45, 7) is 3.25. The summed E-state index contributed by atoms with van der Waals surface area (Å²) >= 11 is 0. The quantitative estimate of drug-likeness (QED) is 0.480. The zero-order chi connectivity index (χ0) is 21.8. The van der Waals surface area contributed by atoms with E-state index in [1.165, 1.54) is 31.2 Å². The van der Waals surface area contributed by atoms with Crippen LogP contribution in [0.5, 0.6) is 5.75 Å². The van der Waals surface area contributed by atoms with E-state index in [0.29, 0.717) is 11.3 Å². The normalized spacial score (nSPS) is 13.3. The summed E-state index contributed by atoms with van der Waals surface area (Å²) in [7, 11) is -4.09. The smallest absolute Gasteiger partial charge is 0.324 e. The summed E-state index contributed by atoms with van der Waals surface area (Å²) in [5.41, 5.74) is -0.180. The van der Waals surface area contributed by atoms with Gasteiger partial charge in [-0.05, 0) is 49.7 Å². The third-order valence-electron chi connectivity index (χ3n) is 4.67. The van der Waals surface area contributed by atoms with Gasteiger partial charge in [-0.25, -0.2) is 8.42 Å². The molecule has 0 aliphatic heterocycles. The number of fused-ring (bicyclic) bond motifs is 1. The van der Waals surface area contributed by atoms with Gasteiger partial charge >= 0.3 is 5.97 Å². The van der Waals surface area contributed by atoms with Gasteiger partial charge in [-0.3, -0.25) is 4.79 Å². The van der Waals surface area contributed by atoms with Gasteiger partial charge < -0.3 is 14.8 Å². The van der Waals surface area contributed by atoms with E-state index >= 15 is 0 Å². The number of aliphatic carboxylic acids is 1. The van der Waals surface area contributed by atoms with Gasteiger partial charge in [0.25, 0.3) is 0 Å². The zero-order valence-corrected chi connectivity index (χ0v) is 17.4. The Kier molecular flexibility index (Phi) is 6.15. The molecule has 0 aliphatic carbocycles. The molecular formula is C22H22N2O5S. The molecule has 156 valence electrons. The summed E-state index contributed by atoms with van der Waals surface area (Å²) in [6.07, 6.45) is 1.67. The predicted octanol–water partition coefficient (Wildman–Crippen LogP) is 2.93. The van der Waals surface area contributed by atoms with Crippen molar-refractivity contribution in [3.63, 3.8) is 0 Å². The molecule has 7 nitrogen and oxygen atoms in total. The third-order valence-corrected chi connectivity index (χ3v) is 6.28. The first-order valence-corrected chi connectivity index (χ1v) is 10.7. The van der Waals surface area contributed by atoms with E-state index in [1.54, 1.807) is 13.1 Å². The number of hydrogen-bond acceptors (Lipinski definition) is 4.